The Kier molecular flexibility index (Phi) is 2.61. The highest BCUT2D eigenvalue weighted by Gasteiger charge is 1.96. The predicted octanol–water partition coefficient (Wildman–Crippen LogP) is 0.494. The van der Waals surface area contributed by atoms with Crippen LogP contribution in [0.5, 0.6) is 0 Å². The fourth-order valence-electron chi connectivity index (χ4n) is 0.153. The Bertz CT molecular complexity index is 97.9. The van der Waals surface area contributed by atoms with Crippen LogP contribution in [0.2, 0.25) is 0 Å². The Morgan fingerprint density at radius 1 is 1.71 bits per heavy atom. The minimum Gasteiger partial charge on any atom is -0.465 e. The monoisotopic (exact) mass is 118 g/mol. The van der Waals surface area contributed by atoms with Crippen molar-refractivity contribution < 1.29 is 9.53 Å². The van der Waals surface area contributed by atoms with E-state index in [0.717, 1.165) is 0 Å². The normalized spacial score (nSPS) is 7.71. The number of carbonyl (C=O) groups is 1. The molecular formula is C4H7O2P. The summed E-state index contributed by atoms with van der Waals surface area (Å²) in [5, 5.41) is 0.488. The van der Waals surface area contributed by atoms with Gasteiger partial charge in [0.1, 0.15) is 0 Å². The fraction of sp³-hybridized carbons (Fsp3) is 0.500. The van der Waals surface area contributed by atoms with Crippen LogP contribution in [0.25, 0.3) is 0 Å². The Morgan fingerprint density at radius 2 is 2.14 bits per heavy atom. The molecule has 0 aliphatic rings. The molecule has 0 atom stereocenters. The number of rotatable bonds is 1. The molecule has 0 spiro atoms. The number of esters is 1. The SMILES string of the molecule is COC(=O)C(C)=P. The van der Waals surface area contributed by atoms with Crippen LogP contribution < -0.4 is 0 Å². The van der Waals surface area contributed by atoms with Gasteiger partial charge in [-0.1, -0.05) is 0 Å². The third kappa shape index (κ3) is 2.35. The summed E-state index contributed by atoms with van der Waals surface area (Å²) in [6.45, 7) is 1.63. The molecule has 3 heteroatoms. The van der Waals surface area contributed by atoms with Crippen LogP contribution in [0.4, 0.5) is 0 Å². The van der Waals surface area contributed by atoms with Gasteiger partial charge >= 0.3 is 5.97 Å². The summed E-state index contributed by atoms with van der Waals surface area (Å²) in [6.07, 6.45) is 0. The molecule has 0 amide bonds. The van der Waals surface area contributed by atoms with E-state index in [-0.39, 0.29) is 5.97 Å². The van der Waals surface area contributed by atoms with E-state index < -0.39 is 0 Å². The van der Waals surface area contributed by atoms with Gasteiger partial charge in [0.15, 0.2) is 0 Å². The Hall–Kier alpha value is -0.360. The predicted molar refractivity (Wildman–Crippen MR) is 31.0 cm³/mol. The molecular weight excluding hydrogens is 111 g/mol. The van der Waals surface area contributed by atoms with Crippen molar-refractivity contribution in [3.63, 3.8) is 0 Å². The van der Waals surface area contributed by atoms with Crippen molar-refractivity contribution in [3.8, 4) is 0 Å². The van der Waals surface area contributed by atoms with Crippen LogP contribution in [0.1, 0.15) is 6.92 Å². The van der Waals surface area contributed by atoms with E-state index in [1.54, 1.807) is 6.92 Å². The molecule has 0 rings (SSSR count). The van der Waals surface area contributed by atoms with Crippen molar-refractivity contribution in [1.29, 1.82) is 0 Å². The fourth-order valence-corrected chi connectivity index (χ4v) is 0.255. The highest BCUT2D eigenvalue weighted by Crippen LogP contribution is 1.80. The van der Waals surface area contributed by atoms with E-state index >= 15 is 0 Å². The molecule has 7 heavy (non-hydrogen) atoms. The number of ether oxygens (including phenoxy) is 1. The Morgan fingerprint density at radius 3 is 2.14 bits per heavy atom. The summed E-state index contributed by atoms with van der Waals surface area (Å²) in [4.78, 5) is 10.2. The summed E-state index contributed by atoms with van der Waals surface area (Å²) in [7, 11) is 4.33. The van der Waals surface area contributed by atoms with Gasteiger partial charge < -0.3 is 4.74 Å². The zero-order valence-corrected chi connectivity index (χ0v) is 5.32. The maximum Gasteiger partial charge on any atom is 0.337 e. The van der Waals surface area contributed by atoms with Crippen LogP contribution in [-0.4, -0.2) is 18.4 Å². The number of hydrogen-bond acceptors (Lipinski definition) is 2. The van der Waals surface area contributed by atoms with Crippen LogP contribution in [0.3, 0.4) is 0 Å². The molecule has 0 saturated heterocycles. The number of carbonyl (C=O) groups excluding carboxylic acids is 1. The second-order valence-corrected chi connectivity index (χ2v) is 1.87. The van der Waals surface area contributed by atoms with E-state index in [4.69, 9.17) is 0 Å². The molecule has 40 valence electrons. The van der Waals surface area contributed by atoms with Crippen molar-refractivity contribution in [2.75, 3.05) is 7.11 Å². The Labute approximate surface area is 44.7 Å². The molecule has 0 heterocycles. The first-order valence-corrected chi connectivity index (χ1v) is 2.32. The molecule has 0 saturated carbocycles. The second-order valence-electron chi connectivity index (χ2n) is 1.12. The molecule has 0 aromatic carbocycles. The quantitative estimate of drug-likeness (QED) is 0.370. The molecule has 0 N–H and O–H groups in total. The molecule has 0 radical (unpaired) electrons. The maximum absolute atomic E-state index is 10.2. The first kappa shape index (κ1) is 6.64. The van der Waals surface area contributed by atoms with Gasteiger partial charge in [0.2, 0.25) is 0 Å². The van der Waals surface area contributed by atoms with Gasteiger partial charge in [0.25, 0.3) is 0 Å². The van der Waals surface area contributed by atoms with Crippen molar-refractivity contribution in [2.24, 2.45) is 0 Å². The summed E-state index contributed by atoms with van der Waals surface area (Å²) >= 11 is 0. The largest absolute Gasteiger partial charge is 0.465 e. The zero-order valence-electron chi connectivity index (χ0n) is 4.32. The van der Waals surface area contributed by atoms with Gasteiger partial charge in [-0.05, 0) is 6.92 Å². The van der Waals surface area contributed by atoms with E-state index in [0.29, 0.717) is 5.29 Å². The molecule has 2 nitrogen and oxygen atoms in total. The molecule has 0 unspecified atom stereocenters. The molecule has 0 bridgehead atoms. The molecule has 0 aliphatic heterocycles. The third-order valence-corrected chi connectivity index (χ3v) is 0.696. The van der Waals surface area contributed by atoms with E-state index in [2.05, 4.69) is 13.6 Å². The van der Waals surface area contributed by atoms with Gasteiger partial charge in [-0.25, -0.2) is 4.79 Å². The first-order chi connectivity index (χ1) is 3.18. The van der Waals surface area contributed by atoms with E-state index in [9.17, 15) is 4.79 Å². The zero-order chi connectivity index (χ0) is 5.86. The van der Waals surface area contributed by atoms with Gasteiger partial charge in [0, 0.05) is 0 Å². The lowest BCUT2D eigenvalue weighted by atomic mass is 10.5. The molecule has 0 fully saturated rings. The van der Waals surface area contributed by atoms with Crippen molar-refractivity contribution >= 4 is 20.1 Å². The summed E-state index contributed by atoms with van der Waals surface area (Å²) in [5.74, 6) is -0.323. The number of methoxy groups -OCH3 is 1. The van der Waals surface area contributed by atoms with Crippen molar-refractivity contribution in [3.05, 3.63) is 0 Å². The molecule has 0 aliphatic carbocycles. The van der Waals surface area contributed by atoms with Crippen molar-refractivity contribution in [1.82, 2.24) is 0 Å². The average molecular weight is 118 g/mol. The van der Waals surface area contributed by atoms with E-state index in [1.165, 1.54) is 7.11 Å². The van der Waals surface area contributed by atoms with Crippen LogP contribution in [0, 0.1) is 0 Å². The molecule has 0 aromatic heterocycles. The van der Waals surface area contributed by atoms with Crippen LogP contribution in [0.15, 0.2) is 0 Å². The van der Waals surface area contributed by atoms with Crippen molar-refractivity contribution in [2.45, 2.75) is 6.92 Å². The van der Waals surface area contributed by atoms with E-state index in [1.807, 2.05) is 0 Å². The summed E-state index contributed by atoms with van der Waals surface area (Å²) in [5.41, 5.74) is 0. The average Bonchev–Trinajstić information content (AvgIpc) is 1.65. The first-order valence-electron chi connectivity index (χ1n) is 1.82. The topological polar surface area (TPSA) is 26.3 Å². The molecule has 0 aromatic rings. The van der Waals surface area contributed by atoms with Gasteiger partial charge in [-0.3, -0.25) is 0 Å². The number of hydrogen-bond donors (Lipinski definition) is 0. The highest BCUT2D eigenvalue weighted by atomic mass is 31.0. The van der Waals surface area contributed by atoms with Gasteiger partial charge in [0.05, 0.1) is 12.4 Å². The van der Waals surface area contributed by atoms with Gasteiger partial charge in [-0.15, -0.1) is 8.86 Å². The van der Waals surface area contributed by atoms with Crippen LogP contribution in [-0.2, 0) is 9.53 Å². The lowest BCUT2D eigenvalue weighted by molar-refractivity contribution is -0.132. The minimum absolute atomic E-state index is 0.323. The Balaban J connectivity index is 3.58. The third-order valence-electron chi connectivity index (χ3n) is 0.492. The maximum atomic E-state index is 10.2. The van der Waals surface area contributed by atoms with Crippen LogP contribution >= 0.6 is 8.86 Å². The van der Waals surface area contributed by atoms with Gasteiger partial charge in [-0.2, -0.15) is 0 Å². The highest BCUT2D eigenvalue weighted by molar-refractivity contribution is 7.25. The lowest BCUT2D eigenvalue weighted by Crippen LogP contribution is -2.07. The summed E-state index contributed by atoms with van der Waals surface area (Å²) < 4.78 is 4.29. The lowest BCUT2D eigenvalue weighted by Gasteiger charge is -1.90. The second kappa shape index (κ2) is 2.75. The summed E-state index contributed by atoms with van der Waals surface area (Å²) in [6, 6.07) is 0. The minimum atomic E-state index is -0.323. The smallest absolute Gasteiger partial charge is 0.337 e. The standard InChI is InChI=1S/C4H7O2P/c1-3(7)4(5)6-2/h7H,1-2H3.